The molecule has 0 amide bonds. The fraction of sp³-hybridized carbons (Fsp3) is 0.667. The number of nitrogens with one attached hydrogen (secondary N) is 1. The first-order chi connectivity index (χ1) is 5.97. The fourth-order valence-corrected chi connectivity index (χ4v) is 1.22. The van der Waals surface area contributed by atoms with Crippen molar-refractivity contribution in [2.24, 2.45) is 5.10 Å². The van der Waals surface area contributed by atoms with Crippen molar-refractivity contribution in [3.05, 3.63) is 11.6 Å². The molecule has 2 heterocycles. The average molecular weight is 168 g/mol. The molecule has 0 saturated carbocycles. The van der Waals surface area contributed by atoms with E-state index >= 15 is 0 Å². The first kappa shape index (κ1) is 9.26. The molecular formula is C9H16N2O. The molecule has 0 atom stereocenters. The number of rotatable bonds is 0. The van der Waals surface area contributed by atoms with Crippen molar-refractivity contribution in [3.8, 4) is 0 Å². The molecular weight excluding hydrogens is 152 g/mol. The van der Waals surface area contributed by atoms with Crippen LogP contribution in [0.2, 0.25) is 0 Å². The predicted molar refractivity (Wildman–Crippen MR) is 50.3 cm³/mol. The lowest BCUT2D eigenvalue weighted by atomic mass is 10.1. The molecule has 2 aliphatic rings. The van der Waals surface area contributed by atoms with E-state index in [1.54, 1.807) is 0 Å². The van der Waals surface area contributed by atoms with Crippen molar-refractivity contribution in [2.75, 3.05) is 19.8 Å². The van der Waals surface area contributed by atoms with Crippen molar-refractivity contribution < 1.29 is 4.74 Å². The van der Waals surface area contributed by atoms with Gasteiger partial charge in [-0.05, 0) is 12.0 Å². The maximum Gasteiger partial charge on any atom is 0.0908 e. The van der Waals surface area contributed by atoms with E-state index in [4.69, 9.17) is 4.74 Å². The lowest BCUT2D eigenvalue weighted by molar-refractivity contribution is 0.165. The van der Waals surface area contributed by atoms with Gasteiger partial charge in [-0.2, -0.15) is 5.10 Å². The van der Waals surface area contributed by atoms with Gasteiger partial charge in [0.05, 0.1) is 25.5 Å². The minimum Gasteiger partial charge on any atom is -0.375 e. The minimum absolute atomic E-state index is 0.679. The Labute approximate surface area is 73.5 Å². The van der Waals surface area contributed by atoms with E-state index in [-0.39, 0.29) is 0 Å². The van der Waals surface area contributed by atoms with Crippen LogP contribution in [0.4, 0.5) is 0 Å². The smallest absolute Gasteiger partial charge is 0.0908 e. The molecule has 0 radical (unpaired) electrons. The second kappa shape index (κ2) is 4.93. The van der Waals surface area contributed by atoms with E-state index in [1.165, 1.54) is 5.57 Å². The highest BCUT2D eigenvalue weighted by molar-refractivity contribution is 6.01. The van der Waals surface area contributed by atoms with Gasteiger partial charge >= 0.3 is 0 Å². The van der Waals surface area contributed by atoms with Crippen LogP contribution in [-0.4, -0.2) is 25.5 Å². The quantitative estimate of drug-likeness (QED) is 0.592. The summed E-state index contributed by atoms with van der Waals surface area (Å²) >= 11 is 0. The van der Waals surface area contributed by atoms with Crippen LogP contribution < -0.4 is 5.43 Å². The third-order valence-corrected chi connectivity index (χ3v) is 1.78. The van der Waals surface area contributed by atoms with Gasteiger partial charge in [-0.15, -0.1) is 0 Å². The molecule has 3 heteroatoms. The summed E-state index contributed by atoms with van der Waals surface area (Å²) in [5.41, 5.74) is 5.36. The minimum atomic E-state index is 0.679. The highest BCUT2D eigenvalue weighted by Gasteiger charge is 2.14. The van der Waals surface area contributed by atoms with Crippen molar-refractivity contribution >= 4 is 5.71 Å². The van der Waals surface area contributed by atoms with E-state index in [0.29, 0.717) is 6.61 Å². The zero-order valence-electron chi connectivity index (χ0n) is 7.76. The Balaban J connectivity index is 0.000000336. The summed E-state index contributed by atoms with van der Waals surface area (Å²) < 4.78 is 5.23. The Morgan fingerprint density at radius 3 is 3.08 bits per heavy atom. The van der Waals surface area contributed by atoms with Gasteiger partial charge in [0.2, 0.25) is 0 Å². The van der Waals surface area contributed by atoms with Crippen LogP contribution in [0.5, 0.6) is 0 Å². The zero-order valence-corrected chi connectivity index (χ0v) is 7.76. The molecule has 12 heavy (non-hydrogen) atoms. The molecule has 0 aromatic heterocycles. The van der Waals surface area contributed by atoms with Crippen molar-refractivity contribution in [1.29, 1.82) is 0 Å². The Hall–Kier alpha value is -0.830. The average Bonchev–Trinajstić information content (AvgIpc) is 2.21. The fourth-order valence-electron chi connectivity index (χ4n) is 1.22. The number of hydrogen-bond donors (Lipinski definition) is 1. The number of ether oxygens (including phenoxy) is 1. The second-order valence-corrected chi connectivity index (χ2v) is 2.45. The van der Waals surface area contributed by atoms with Crippen molar-refractivity contribution in [2.45, 2.75) is 20.3 Å². The van der Waals surface area contributed by atoms with Gasteiger partial charge in [-0.25, -0.2) is 0 Å². The lowest BCUT2D eigenvalue weighted by Gasteiger charge is -2.20. The Morgan fingerprint density at radius 1 is 1.50 bits per heavy atom. The van der Waals surface area contributed by atoms with Gasteiger partial charge in [-0.1, -0.05) is 19.9 Å². The number of hydrazone groups is 1. The topological polar surface area (TPSA) is 33.6 Å². The predicted octanol–water partition coefficient (Wildman–Crippen LogP) is 1.32. The second-order valence-electron chi connectivity index (χ2n) is 2.45. The molecule has 0 aromatic rings. The maximum absolute atomic E-state index is 5.23. The van der Waals surface area contributed by atoms with Crippen LogP contribution in [0.1, 0.15) is 20.3 Å². The highest BCUT2D eigenvalue weighted by Crippen LogP contribution is 2.12. The number of nitrogens with zero attached hydrogens (tertiary/aromatic N) is 1. The van der Waals surface area contributed by atoms with Crippen LogP contribution in [-0.2, 0) is 4.74 Å². The molecule has 2 rings (SSSR count). The summed E-state index contributed by atoms with van der Waals surface area (Å²) in [6, 6.07) is 0. The molecule has 0 aromatic carbocycles. The molecule has 1 N–H and O–H groups in total. The molecule has 2 aliphatic heterocycles. The van der Waals surface area contributed by atoms with Crippen LogP contribution in [0.15, 0.2) is 16.8 Å². The van der Waals surface area contributed by atoms with E-state index in [2.05, 4.69) is 16.6 Å². The summed E-state index contributed by atoms with van der Waals surface area (Å²) in [5, 5.41) is 4.12. The van der Waals surface area contributed by atoms with Crippen LogP contribution in [0, 0.1) is 0 Å². The first-order valence-electron chi connectivity index (χ1n) is 4.53. The monoisotopic (exact) mass is 168 g/mol. The Kier molecular flexibility index (Phi) is 3.80. The van der Waals surface area contributed by atoms with Crippen molar-refractivity contribution in [3.63, 3.8) is 0 Å². The summed E-state index contributed by atoms with van der Waals surface area (Å²) in [4.78, 5) is 0. The van der Waals surface area contributed by atoms with Crippen LogP contribution >= 0.6 is 0 Å². The van der Waals surface area contributed by atoms with E-state index in [1.807, 2.05) is 13.8 Å². The van der Waals surface area contributed by atoms with Gasteiger partial charge in [0.25, 0.3) is 0 Å². The van der Waals surface area contributed by atoms with Gasteiger partial charge < -0.3 is 10.2 Å². The van der Waals surface area contributed by atoms with E-state index in [9.17, 15) is 0 Å². The normalized spacial score (nSPS) is 20.5. The van der Waals surface area contributed by atoms with Gasteiger partial charge in [0, 0.05) is 0 Å². The molecule has 0 unspecified atom stereocenters. The number of fused-ring (bicyclic) bond motifs is 1. The van der Waals surface area contributed by atoms with Gasteiger partial charge in [-0.3, -0.25) is 0 Å². The summed E-state index contributed by atoms with van der Waals surface area (Å²) in [7, 11) is 0. The van der Waals surface area contributed by atoms with Gasteiger partial charge in [0.1, 0.15) is 0 Å². The summed E-state index contributed by atoms with van der Waals surface area (Å²) in [6.45, 7) is 6.41. The van der Waals surface area contributed by atoms with Crippen LogP contribution in [0.25, 0.3) is 0 Å². The molecule has 3 nitrogen and oxygen atoms in total. The molecule has 0 bridgehead atoms. The van der Waals surface area contributed by atoms with Crippen molar-refractivity contribution in [1.82, 2.24) is 5.43 Å². The maximum atomic E-state index is 5.23. The van der Waals surface area contributed by atoms with E-state index in [0.717, 1.165) is 25.3 Å². The lowest BCUT2D eigenvalue weighted by Crippen LogP contribution is -2.27. The molecule has 1 saturated heterocycles. The largest absolute Gasteiger partial charge is 0.375 e. The highest BCUT2D eigenvalue weighted by atomic mass is 16.5. The van der Waals surface area contributed by atoms with Crippen LogP contribution in [0.3, 0.4) is 0 Å². The SMILES string of the molecule is C1=C2CCOCC2=NNC1.CC. The van der Waals surface area contributed by atoms with E-state index < -0.39 is 0 Å². The Bertz CT molecular complexity index is 175. The Morgan fingerprint density at radius 2 is 2.33 bits per heavy atom. The van der Waals surface area contributed by atoms with Gasteiger partial charge in [0.15, 0.2) is 0 Å². The third kappa shape index (κ3) is 2.08. The summed E-state index contributed by atoms with van der Waals surface area (Å²) in [6.07, 6.45) is 3.21. The third-order valence-electron chi connectivity index (χ3n) is 1.78. The zero-order chi connectivity index (χ0) is 8.81. The first-order valence-corrected chi connectivity index (χ1v) is 4.53. The molecule has 0 aliphatic carbocycles. The molecule has 68 valence electrons. The standard InChI is InChI=1S/C7H10N2O.C2H6/c1-3-8-9-7-5-10-4-2-6(1)7;1-2/h1,8H,2-5H2;1-2H3. The summed E-state index contributed by atoms with van der Waals surface area (Å²) in [5.74, 6) is 0. The molecule has 0 spiro atoms. The number of hydrogen-bond acceptors (Lipinski definition) is 3. The molecule has 1 fully saturated rings.